The van der Waals surface area contributed by atoms with Gasteiger partial charge in [-0.3, -0.25) is 0 Å². The van der Waals surface area contributed by atoms with Crippen LogP contribution >= 0.6 is 0 Å². The van der Waals surface area contributed by atoms with Gasteiger partial charge >= 0.3 is 6.09 Å². The minimum absolute atomic E-state index is 0.0163. The molecule has 4 nitrogen and oxygen atoms in total. The summed E-state index contributed by atoms with van der Waals surface area (Å²) in [5.74, 6) is -1.42. The highest BCUT2D eigenvalue weighted by Crippen LogP contribution is 2.23. The lowest BCUT2D eigenvalue weighted by Crippen LogP contribution is -2.42. The van der Waals surface area contributed by atoms with Crippen molar-refractivity contribution in [2.75, 3.05) is 13.2 Å². The number of benzene rings is 1. The number of likely N-dealkylation sites (tertiary alicyclic amines) is 1. The van der Waals surface area contributed by atoms with Gasteiger partial charge in [0.2, 0.25) is 0 Å². The highest BCUT2D eigenvalue weighted by atomic mass is 19.1. The first-order chi connectivity index (χ1) is 10.3. The number of hydrogen-bond acceptors (Lipinski definition) is 3. The van der Waals surface area contributed by atoms with Crippen molar-refractivity contribution in [2.45, 2.75) is 45.3 Å². The van der Waals surface area contributed by atoms with Crippen molar-refractivity contribution in [3.8, 4) is 5.75 Å². The lowest BCUT2D eigenvalue weighted by Gasteiger charge is -2.28. The van der Waals surface area contributed by atoms with Gasteiger partial charge in [-0.25, -0.2) is 13.6 Å². The van der Waals surface area contributed by atoms with Gasteiger partial charge in [0.05, 0.1) is 6.04 Å². The molecule has 1 atom stereocenters. The van der Waals surface area contributed by atoms with Crippen LogP contribution in [0.5, 0.6) is 5.75 Å². The topological polar surface area (TPSA) is 38.8 Å². The summed E-state index contributed by atoms with van der Waals surface area (Å²) < 4.78 is 37.1. The van der Waals surface area contributed by atoms with E-state index in [-0.39, 0.29) is 18.4 Å². The molecule has 0 aliphatic carbocycles. The maximum atomic E-state index is 13.5. The third-order valence-electron chi connectivity index (χ3n) is 3.33. The molecule has 1 fully saturated rings. The van der Waals surface area contributed by atoms with Crippen LogP contribution < -0.4 is 4.74 Å². The molecule has 6 heteroatoms. The number of hydrogen-bond donors (Lipinski definition) is 0. The first kappa shape index (κ1) is 16.5. The van der Waals surface area contributed by atoms with Crippen LogP contribution in [0.1, 0.15) is 33.6 Å². The number of carbonyl (C=O) groups is 1. The highest BCUT2D eigenvalue weighted by molar-refractivity contribution is 5.69. The Kier molecular flexibility index (Phi) is 4.88. The summed E-state index contributed by atoms with van der Waals surface area (Å²) in [6.07, 6.45) is 1.22. The number of carbonyl (C=O) groups excluding carboxylic acids is 1. The van der Waals surface area contributed by atoms with Crippen LogP contribution in [0, 0.1) is 11.6 Å². The van der Waals surface area contributed by atoms with Gasteiger partial charge in [-0.2, -0.15) is 0 Å². The van der Waals surface area contributed by atoms with Gasteiger partial charge in [-0.15, -0.1) is 0 Å². The Morgan fingerprint density at radius 2 is 2.09 bits per heavy atom. The number of ether oxygens (including phenoxy) is 2. The third-order valence-corrected chi connectivity index (χ3v) is 3.33. The van der Waals surface area contributed by atoms with Crippen molar-refractivity contribution >= 4 is 6.09 Å². The number of rotatable bonds is 3. The van der Waals surface area contributed by atoms with E-state index in [2.05, 4.69) is 0 Å². The Bertz CT molecular complexity index is 543. The molecular formula is C16H21F2NO3. The highest BCUT2D eigenvalue weighted by Gasteiger charge is 2.32. The molecule has 1 saturated heterocycles. The number of nitrogens with zero attached hydrogens (tertiary/aromatic N) is 1. The maximum absolute atomic E-state index is 13.5. The van der Waals surface area contributed by atoms with Crippen LogP contribution in [0.15, 0.2) is 18.2 Å². The van der Waals surface area contributed by atoms with E-state index < -0.39 is 23.3 Å². The molecule has 0 spiro atoms. The van der Waals surface area contributed by atoms with Crippen LogP contribution in [0.2, 0.25) is 0 Å². The Hall–Kier alpha value is -1.85. The fourth-order valence-corrected chi connectivity index (χ4v) is 2.35. The van der Waals surface area contributed by atoms with E-state index in [1.165, 1.54) is 6.07 Å². The van der Waals surface area contributed by atoms with Crippen LogP contribution in [-0.2, 0) is 4.74 Å². The lowest BCUT2D eigenvalue weighted by molar-refractivity contribution is 0.0186. The van der Waals surface area contributed by atoms with Crippen molar-refractivity contribution in [1.29, 1.82) is 0 Å². The molecule has 1 heterocycles. The molecule has 1 aromatic rings. The Labute approximate surface area is 129 Å². The van der Waals surface area contributed by atoms with E-state index in [1.807, 2.05) is 0 Å². The SMILES string of the molecule is CC(C)(C)OC(=O)N1CCC[C@H]1COc1ccc(F)cc1F. The Balaban J connectivity index is 1.95. The van der Waals surface area contributed by atoms with E-state index in [0.717, 1.165) is 25.0 Å². The lowest BCUT2D eigenvalue weighted by atomic mass is 10.2. The zero-order valence-corrected chi connectivity index (χ0v) is 13.1. The van der Waals surface area contributed by atoms with Gasteiger partial charge in [-0.1, -0.05) is 0 Å². The normalized spacial score (nSPS) is 18.4. The molecule has 2 rings (SSSR count). The van der Waals surface area contributed by atoms with Crippen LogP contribution in [0.25, 0.3) is 0 Å². The summed E-state index contributed by atoms with van der Waals surface area (Å²) in [7, 11) is 0. The average Bonchev–Trinajstić information content (AvgIpc) is 2.84. The smallest absolute Gasteiger partial charge is 0.410 e. The van der Waals surface area contributed by atoms with E-state index in [0.29, 0.717) is 6.54 Å². The van der Waals surface area contributed by atoms with Gasteiger partial charge in [0.1, 0.15) is 18.0 Å². The van der Waals surface area contributed by atoms with Crippen LogP contribution in [-0.4, -0.2) is 35.8 Å². The summed E-state index contributed by atoms with van der Waals surface area (Å²) in [6, 6.07) is 2.99. The molecule has 0 unspecified atom stereocenters. The van der Waals surface area contributed by atoms with Crippen LogP contribution in [0.4, 0.5) is 13.6 Å². The predicted molar refractivity (Wildman–Crippen MR) is 77.8 cm³/mol. The standard InChI is InChI=1S/C16H21F2NO3/c1-16(2,3)22-15(20)19-8-4-5-12(19)10-21-14-7-6-11(17)9-13(14)18/h6-7,9,12H,4-5,8,10H2,1-3H3/t12-/m0/s1. The quantitative estimate of drug-likeness (QED) is 0.853. The molecule has 0 radical (unpaired) electrons. The molecule has 0 saturated carbocycles. The third kappa shape index (κ3) is 4.32. The van der Waals surface area contributed by atoms with Crippen molar-refractivity contribution in [3.63, 3.8) is 0 Å². The minimum atomic E-state index is -0.748. The fraction of sp³-hybridized carbons (Fsp3) is 0.562. The molecule has 1 aliphatic heterocycles. The molecule has 0 aromatic heterocycles. The fourth-order valence-electron chi connectivity index (χ4n) is 2.35. The van der Waals surface area contributed by atoms with Crippen LogP contribution in [0.3, 0.4) is 0 Å². The summed E-state index contributed by atoms with van der Waals surface area (Å²) in [5.41, 5.74) is -0.561. The first-order valence-electron chi connectivity index (χ1n) is 7.34. The molecule has 0 bridgehead atoms. The molecule has 1 amide bonds. The predicted octanol–water partition coefficient (Wildman–Crippen LogP) is 3.74. The van der Waals surface area contributed by atoms with Gasteiger partial charge in [0.25, 0.3) is 0 Å². The molecule has 122 valence electrons. The van der Waals surface area contributed by atoms with Gasteiger partial charge in [-0.05, 0) is 45.7 Å². The van der Waals surface area contributed by atoms with Gasteiger partial charge in [0.15, 0.2) is 11.6 Å². The zero-order valence-electron chi connectivity index (χ0n) is 13.1. The van der Waals surface area contributed by atoms with E-state index in [1.54, 1.807) is 25.7 Å². The van der Waals surface area contributed by atoms with E-state index in [9.17, 15) is 13.6 Å². The first-order valence-corrected chi connectivity index (χ1v) is 7.34. The zero-order chi connectivity index (χ0) is 16.3. The maximum Gasteiger partial charge on any atom is 0.410 e. The summed E-state index contributed by atoms with van der Waals surface area (Å²) in [6.45, 7) is 6.16. The largest absolute Gasteiger partial charge is 0.488 e. The molecule has 1 aliphatic rings. The molecule has 1 aromatic carbocycles. The second-order valence-corrected chi connectivity index (χ2v) is 6.36. The Morgan fingerprint density at radius 3 is 2.73 bits per heavy atom. The summed E-state index contributed by atoms with van der Waals surface area (Å²) in [4.78, 5) is 13.7. The Morgan fingerprint density at radius 1 is 1.36 bits per heavy atom. The second kappa shape index (κ2) is 6.50. The molecule has 0 N–H and O–H groups in total. The van der Waals surface area contributed by atoms with Gasteiger partial charge < -0.3 is 14.4 Å². The number of amides is 1. The second-order valence-electron chi connectivity index (χ2n) is 6.36. The summed E-state index contributed by atoms with van der Waals surface area (Å²) >= 11 is 0. The average molecular weight is 313 g/mol. The molecular weight excluding hydrogens is 292 g/mol. The van der Waals surface area contributed by atoms with Crippen molar-refractivity contribution in [2.24, 2.45) is 0 Å². The van der Waals surface area contributed by atoms with Crippen molar-refractivity contribution < 1.29 is 23.0 Å². The number of halogens is 2. The van der Waals surface area contributed by atoms with E-state index in [4.69, 9.17) is 9.47 Å². The van der Waals surface area contributed by atoms with Crippen molar-refractivity contribution in [3.05, 3.63) is 29.8 Å². The minimum Gasteiger partial charge on any atom is -0.488 e. The van der Waals surface area contributed by atoms with Crippen molar-refractivity contribution in [1.82, 2.24) is 4.90 Å². The summed E-state index contributed by atoms with van der Waals surface area (Å²) in [5, 5.41) is 0. The van der Waals surface area contributed by atoms with Gasteiger partial charge in [0, 0.05) is 12.6 Å². The monoisotopic (exact) mass is 313 g/mol. The molecule has 22 heavy (non-hydrogen) atoms. The van der Waals surface area contributed by atoms with E-state index >= 15 is 0 Å².